The molecule has 114 valence electrons. The zero-order valence-corrected chi connectivity index (χ0v) is 13.1. The number of esters is 1. The summed E-state index contributed by atoms with van der Waals surface area (Å²) in [5.74, 6) is -0.563. The van der Waals surface area contributed by atoms with Crippen molar-refractivity contribution in [3.05, 3.63) is 71.8 Å². The average molecular weight is 296 g/mol. The van der Waals surface area contributed by atoms with Gasteiger partial charge in [0.15, 0.2) is 5.41 Å². The Morgan fingerprint density at radius 1 is 0.864 bits per heavy atom. The van der Waals surface area contributed by atoms with E-state index >= 15 is 0 Å². The fourth-order valence-corrected chi connectivity index (χ4v) is 2.35. The Hall–Kier alpha value is -2.42. The van der Waals surface area contributed by atoms with Gasteiger partial charge in [-0.15, -0.1) is 0 Å². The molecule has 2 aromatic rings. The minimum absolute atomic E-state index is 0.563. The summed E-state index contributed by atoms with van der Waals surface area (Å²) in [5.41, 5.74) is -0.916. The molecule has 0 saturated heterocycles. The second kappa shape index (κ2) is 6.14. The van der Waals surface area contributed by atoms with Crippen molar-refractivity contribution < 1.29 is 14.3 Å². The summed E-state index contributed by atoms with van der Waals surface area (Å²) in [7, 11) is 0. The molecule has 0 saturated carbocycles. The molecular weight excluding hydrogens is 276 g/mol. The van der Waals surface area contributed by atoms with Crippen molar-refractivity contribution in [2.75, 3.05) is 0 Å². The summed E-state index contributed by atoms with van der Waals surface area (Å²) >= 11 is 0. The fourth-order valence-electron chi connectivity index (χ4n) is 2.35. The van der Waals surface area contributed by atoms with Crippen LogP contribution in [-0.4, -0.2) is 17.9 Å². The van der Waals surface area contributed by atoms with Gasteiger partial charge in [-0.2, -0.15) is 0 Å². The quantitative estimate of drug-likeness (QED) is 0.492. The summed E-state index contributed by atoms with van der Waals surface area (Å²) in [6.45, 7) is 5.36. The molecule has 22 heavy (non-hydrogen) atoms. The van der Waals surface area contributed by atoms with Crippen LogP contribution in [0.5, 0.6) is 0 Å². The molecule has 0 aliphatic rings. The van der Waals surface area contributed by atoms with Gasteiger partial charge in [-0.25, -0.2) is 0 Å². The minimum Gasteiger partial charge on any atom is -0.459 e. The minimum atomic E-state index is -1.45. The standard InChI is InChI=1S/C19H20O3/c1-18(2,3)22-17(21)19(14-20,15-10-6-4-7-11-15)16-12-8-5-9-13-16/h4-14H,1-3H3. The zero-order valence-electron chi connectivity index (χ0n) is 13.1. The highest BCUT2D eigenvalue weighted by Gasteiger charge is 2.45. The van der Waals surface area contributed by atoms with Crippen molar-refractivity contribution in [3.8, 4) is 0 Å². The molecule has 0 aliphatic carbocycles. The third kappa shape index (κ3) is 3.08. The molecule has 0 heterocycles. The van der Waals surface area contributed by atoms with Gasteiger partial charge in [-0.3, -0.25) is 4.79 Å². The number of aldehydes is 1. The Balaban J connectivity index is 2.63. The molecule has 3 heteroatoms. The van der Waals surface area contributed by atoms with Crippen molar-refractivity contribution in [1.82, 2.24) is 0 Å². The largest absolute Gasteiger partial charge is 0.459 e. The third-order valence-electron chi connectivity index (χ3n) is 3.36. The van der Waals surface area contributed by atoms with E-state index in [9.17, 15) is 9.59 Å². The van der Waals surface area contributed by atoms with E-state index in [1.807, 2.05) is 12.1 Å². The van der Waals surface area contributed by atoms with Crippen LogP contribution in [0.25, 0.3) is 0 Å². The van der Waals surface area contributed by atoms with Crippen LogP contribution in [-0.2, 0) is 19.7 Å². The summed E-state index contributed by atoms with van der Waals surface area (Å²) in [4.78, 5) is 24.9. The number of ether oxygens (including phenoxy) is 1. The highest BCUT2D eigenvalue weighted by atomic mass is 16.6. The van der Waals surface area contributed by atoms with Crippen LogP contribution >= 0.6 is 0 Å². The highest BCUT2D eigenvalue weighted by Crippen LogP contribution is 2.33. The normalized spacial score (nSPS) is 11.8. The number of benzene rings is 2. The molecule has 2 aromatic carbocycles. The molecule has 0 amide bonds. The van der Waals surface area contributed by atoms with E-state index in [0.29, 0.717) is 17.4 Å². The lowest BCUT2D eigenvalue weighted by Crippen LogP contribution is -2.43. The van der Waals surface area contributed by atoms with Crippen LogP contribution in [0.2, 0.25) is 0 Å². The van der Waals surface area contributed by atoms with Gasteiger partial charge in [0, 0.05) is 0 Å². The number of hydrogen-bond acceptors (Lipinski definition) is 3. The first-order valence-electron chi connectivity index (χ1n) is 7.21. The van der Waals surface area contributed by atoms with Gasteiger partial charge in [0.1, 0.15) is 11.9 Å². The second-order valence-corrected chi connectivity index (χ2v) is 6.16. The van der Waals surface area contributed by atoms with Gasteiger partial charge in [0.25, 0.3) is 0 Å². The molecule has 2 rings (SSSR count). The topological polar surface area (TPSA) is 43.4 Å². The smallest absolute Gasteiger partial charge is 0.328 e. The summed E-state index contributed by atoms with van der Waals surface area (Å²) < 4.78 is 5.53. The van der Waals surface area contributed by atoms with Crippen molar-refractivity contribution >= 4 is 12.3 Å². The average Bonchev–Trinajstić information content (AvgIpc) is 2.49. The molecule has 0 unspecified atom stereocenters. The highest BCUT2D eigenvalue weighted by molar-refractivity contribution is 6.04. The van der Waals surface area contributed by atoms with Crippen molar-refractivity contribution in [2.24, 2.45) is 0 Å². The number of hydrogen-bond donors (Lipinski definition) is 0. The monoisotopic (exact) mass is 296 g/mol. The summed E-state index contributed by atoms with van der Waals surface area (Å²) in [6, 6.07) is 18.0. The van der Waals surface area contributed by atoms with E-state index < -0.39 is 17.0 Å². The molecule has 0 N–H and O–H groups in total. The number of carbonyl (C=O) groups excluding carboxylic acids is 2. The Morgan fingerprint density at radius 2 is 1.27 bits per heavy atom. The summed E-state index contributed by atoms with van der Waals surface area (Å²) in [6.07, 6.45) is 0.672. The Bertz CT molecular complexity index is 600. The van der Waals surface area contributed by atoms with Crippen molar-refractivity contribution in [2.45, 2.75) is 31.8 Å². The maximum absolute atomic E-state index is 12.9. The molecule has 0 spiro atoms. The van der Waals surface area contributed by atoms with E-state index in [1.165, 1.54) is 0 Å². The van der Waals surface area contributed by atoms with E-state index in [0.717, 1.165) is 0 Å². The Kier molecular flexibility index (Phi) is 4.45. The lowest BCUT2D eigenvalue weighted by molar-refractivity contribution is -0.160. The van der Waals surface area contributed by atoms with Crippen LogP contribution in [0.4, 0.5) is 0 Å². The van der Waals surface area contributed by atoms with Crippen molar-refractivity contribution in [3.63, 3.8) is 0 Å². The van der Waals surface area contributed by atoms with Gasteiger partial charge < -0.3 is 9.53 Å². The van der Waals surface area contributed by atoms with E-state index in [2.05, 4.69) is 0 Å². The zero-order chi connectivity index (χ0) is 16.2. The molecule has 0 atom stereocenters. The molecule has 0 radical (unpaired) electrons. The van der Waals surface area contributed by atoms with Crippen LogP contribution in [0, 0.1) is 0 Å². The molecular formula is C19H20O3. The second-order valence-electron chi connectivity index (χ2n) is 6.16. The Morgan fingerprint density at radius 3 is 1.59 bits per heavy atom. The predicted octanol–water partition coefficient (Wildman–Crippen LogP) is 3.51. The molecule has 0 aromatic heterocycles. The van der Waals surface area contributed by atoms with Crippen LogP contribution in [0.15, 0.2) is 60.7 Å². The fraction of sp³-hybridized carbons (Fsp3) is 0.263. The lowest BCUT2D eigenvalue weighted by Gasteiger charge is -2.31. The van der Waals surface area contributed by atoms with Crippen LogP contribution in [0.1, 0.15) is 31.9 Å². The molecule has 0 fully saturated rings. The lowest BCUT2D eigenvalue weighted by atomic mass is 9.75. The first kappa shape index (κ1) is 16.0. The Labute approximate surface area is 130 Å². The van der Waals surface area contributed by atoms with E-state index in [1.54, 1.807) is 69.3 Å². The molecule has 0 bridgehead atoms. The van der Waals surface area contributed by atoms with Gasteiger partial charge in [0.05, 0.1) is 0 Å². The van der Waals surface area contributed by atoms with Crippen molar-refractivity contribution in [1.29, 1.82) is 0 Å². The van der Waals surface area contributed by atoms with Gasteiger partial charge in [0.2, 0.25) is 0 Å². The van der Waals surface area contributed by atoms with Gasteiger partial charge in [-0.05, 0) is 31.9 Å². The van der Waals surface area contributed by atoms with Crippen LogP contribution in [0.3, 0.4) is 0 Å². The van der Waals surface area contributed by atoms with Gasteiger partial charge >= 0.3 is 5.97 Å². The number of carbonyl (C=O) groups is 2. The van der Waals surface area contributed by atoms with Crippen LogP contribution < -0.4 is 0 Å². The maximum atomic E-state index is 12.9. The summed E-state index contributed by atoms with van der Waals surface area (Å²) in [5, 5.41) is 0. The third-order valence-corrected chi connectivity index (χ3v) is 3.36. The van der Waals surface area contributed by atoms with E-state index in [4.69, 9.17) is 4.74 Å². The van der Waals surface area contributed by atoms with E-state index in [-0.39, 0.29) is 0 Å². The number of rotatable bonds is 4. The maximum Gasteiger partial charge on any atom is 0.328 e. The SMILES string of the molecule is CC(C)(C)OC(=O)C(C=O)(c1ccccc1)c1ccccc1. The predicted molar refractivity (Wildman–Crippen MR) is 85.6 cm³/mol. The first-order valence-corrected chi connectivity index (χ1v) is 7.21. The first-order chi connectivity index (χ1) is 10.4. The molecule has 3 nitrogen and oxygen atoms in total. The van der Waals surface area contributed by atoms with Gasteiger partial charge in [-0.1, -0.05) is 60.7 Å². The molecule has 0 aliphatic heterocycles.